The van der Waals surface area contributed by atoms with Crippen molar-refractivity contribution >= 4 is 17.8 Å². The van der Waals surface area contributed by atoms with E-state index in [4.69, 9.17) is 4.74 Å². The van der Waals surface area contributed by atoms with Crippen molar-refractivity contribution in [2.45, 2.75) is 0 Å². The van der Waals surface area contributed by atoms with Crippen LogP contribution in [-0.4, -0.2) is 23.7 Å². The number of nitrogens with one attached hydrogen (secondary N) is 1. The second kappa shape index (κ2) is 7.64. The van der Waals surface area contributed by atoms with Crippen molar-refractivity contribution in [1.29, 1.82) is 0 Å². The molecule has 8 heteroatoms. The van der Waals surface area contributed by atoms with Crippen LogP contribution in [0.2, 0.25) is 0 Å². The average Bonchev–Trinajstić information content (AvgIpc) is 2.54. The molecule has 1 N–H and O–H groups in total. The maximum Gasteiger partial charge on any atom is 0.277 e. The van der Waals surface area contributed by atoms with E-state index in [0.717, 1.165) is 0 Å². The third kappa shape index (κ3) is 5.20. The summed E-state index contributed by atoms with van der Waals surface area (Å²) < 4.78 is 17.8. The summed E-state index contributed by atoms with van der Waals surface area (Å²) >= 11 is 0. The Balaban J connectivity index is 1.83. The van der Waals surface area contributed by atoms with Crippen LogP contribution in [0.4, 0.5) is 10.1 Å². The highest BCUT2D eigenvalue weighted by Gasteiger charge is 2.04. The standard InChI is InChI=1S/C15H12FN3O4/c16-12-4-6-14(7-5-12)23-10-15(20)18-17-9-11-2-1-3-13(8-11)19(21)22/h1-9H,10H2,(H,18,20)/b17-9-. The molecule has 0 saturated heterocycles. The second-order valence-corrected chi connectivity index (χ2v) is 4.39. The molecule has 2 rings (SSSR count). The first kappa shape index (κ1) is 16.1. The number of hydrazone groups is 1. The molecule has 118 valence electrons. The van der Waals surface area contributed by atoms with Crippen LogP contribution in [0.5, 0.6) is 5.75 Å². The minimum Gasteiger partial charge on any atom is -0.484 e. The average molecular weight is 317 g/mol. The van der Waals surface area contributed by atoms with E-state index in [0.29, 0.717) is 11.3 Å². The third-order valence-electron chi connectivity index (χ3n) is 2.67. The van der Waals surface area contributed by atoms with Crippen LogP contribution in [0.1, 0.15) is 5.56 Å². The van der Waals surface area contributed by atoms with Crippen molar-refractivity contribution in [1.82, 2.24) is 5.43 Å². The number of nitro benzene ring substituents is 1. The number of hydrogen-bond acceptors (Lipinski definition) is 5. The van der Waals surface area contributed by atoms with Gasteiger partial charge in [-0.25, -0.2) is 9.82 Å². The Kier molecular flexibility index (Phi) is 5.35. The first-order valence-corrected chi connectivity index (χ1v) is 6.49. The Morgan fingerprint density at radius 1 is 1.30 bits per heavy atom. The maximum absolute atomic E-state index is 12.7. The van der Waals surface area contributed by atoms with Crippen LogP contribution in [0.25, 0.3) is 0 Å². The molecule has 0 spiro atoms. The molecule has 0 aliphatic carbocycles. The molecule has 2 aromatic carbocycles. The molecule has 0 atom stereocenters. The van der Waals surface area contributed by atoms with Gasteiger partial charge in [0.15, 0.2) is 6.61 Å². The molecule has 0 aromatic heterocycles. The van der Waals surface area contributed by atoms with Gasteiger partial charge in [-0.05, 0) is 24.3 Å². The Labute approximate surface area is 130 Å². The molecular formula is C15H12FN3O4. The molecule has 0 radical (unpaired) electrons. The maximum atomic E-state index is 12.7. The van der Waals surface area contributed by atoms with Crippen LogP contribution in [0.3, 0.4) is 0 Å². The van der Waals surface area contributed by atoms with Gasteiger partial charge in [-0.3, -0.25) is 14.9 Å². The van der Waals surface area contributed by atoms with Gasteiger partial charge in [-0.2, -0.15) is 5.10 Å². The number of non-ortho nitro benzene ring substituents is 1. The van der Waals surface area contributed by atoms with Crippen molar-refractivity contribution < 1.29 is 18.8 Å². The number of carbonyl (C=O) groups is 1. The van der Waals surface area contributed by atoms with Crippen LogP contribution < -0.4 is 10.2 Å². The van der Waals surface area contributed by atoms with Gasteiger partial charge in [0.1, 0.15) is 11.6 Å². The largest absolute Gasteiger partial charge is 0.484 e. The van der Waals surface area contributed by atoms with Crippen molar-refractivity contribution in [3.63, 3.8) is 0 Å². The van der Waals surface area contributed by atoms with E-state index in [1.54, 1.807) is 6.07 Å². The highest BCUT2D eigenvalue weighted by atomic mass is 19.1. The van der Waals surface area contributed by atoms with Gasteiger partial charge >= 0.3 is 0 Å². The molecular weight excluding hydrogens is 305 g/mol. The fourth-order valence-corrected chi connectivity index (χ4v) is 1.61. The highest BCUT2D eigenvalue weighted by Crippen LogP contribution is 2.12. The molecule has 2 aromatic rings. The molecule has 0 unspecified atom stereocenters. The SMILES string of the molecule is O=C(COc1ccc(F)cc1)N/N=C\c1cccc([N+](=O)[O-])c1. The summed E-state index contributed by atoms with van der Waals surface area (Å²) in [6.45, 7) is -0.294. The number of ether oxygens (including phenoxy) is 1. The number of carbonyl (C=O) groups excluding carboxylic acids is 1. The highest BCUT2D eigenvalue weighted by molar-refractivity contribution is 5.83. The van der Waals surface area contributed by atoms with Gasteiger partial charge < -0.3 is 4.74 Å². The smallest absolute Gasteiger partial charge is 0.277 e. The van der Waals surface area contributed by atoms with E-state index in [9.17, 15) is 19.3 Å². The topological polar surface area (TPSA) is 93.8 Å². The molecule has 23 heavy (non-hydrogen) atoms. The van der Waals surface area contributed by atoms with Crippen LogP contribution in [0.15, 0.2) is 53.6 Å². The van der Waals surface area contributed by atoms with Gasteiger partial charge in [0.25, 0.3) is 11.6 Å². The lowest BCUT2D eigenvalue weighted by Gasteiger charge is -2.04. The summed E-state index contributed by atoms with van der Waals surface area (Å²) in [6, 6.07) is 11.0. The second-order valence-electron chi connectivity index (χ2n) is 4.39. The van der Waals surface area contributed by atoms with E-state index in [1.165, 1.54) is 48.7 Å². The summed E-state index contributed by atoms with van der Waals surface area (Å²) in [5.74, 6) is -0.566. The summed E-state index contributed by atoms with van der Waals surface area (Å²) in [4.78, 5) is 21.6. The molecule has 0 heterocycles. The van der Waals surface area contributed by atoms with Crippen LogP contribution in [-0.2, 0) is 4.79 Å². The first-order valence-electron chi connectivity index (χ1n) is 6.49. The molecule has 0 saturated carbocycles. The third-order valence-corrected chi connectivity index (χ3v) is 2.67. The van der Waals surface area contributed by atoms with Gasteiger partial charge in [0.05, 0.1) is 11.1 Å². The molecule has 7 nitrogen and oxygen atoms in total. The fraction of sp³-hybridized carbons (Fsp3) is 0.0667. The normalized spacial score (nSPS) is 10.5. The van der Waals surface area contributed by atoms with E-state index >= 15 is 0 Å². The van der Waals surface area contributed by atoms with Crippen molar-refractivity contribution in [2.24, 2.45) is 5.10 Å². The van der Waals surface area contributed by atoms with E-state index < -0.39 is 16.6 Å². The quantitative estimate of drug-likeness (QED) is 0.502. The minimum absolute atomic E-state index is 0.0695. The van der Waals surface area contributed by atoms with E-state index in [1.807, 2.05) is 0 Å². The van der Waals surface area contributed by atoms with Gasteiger partial charge in [-0.1, -0.05) is 12.1 Å². The number of nitro groups is 1. The minimum atomic E-state index is -0.521. The monoisotopic (exact) mass is 317 g/mol. The lowest BCUT2D eigenvalue weighted by Crippen LogP contribution is -2.24. The zero-order chi connectivity index (χ0) is 16.7. The summed E-state index contributed by atoms with van der Waals surface area (Å²) in [5, 5.41) is 14.3. The first-order chi connectivity index (χ1) is 11.0. The Morgan fingerprint density at radius 3 is 2.74 bits per heavy atom. The van der Waals surface area contributed by atoms with Crippen LogP contribution in [0, 0.1) is 15.9 Å². The number of nitrogens with zero attached hydrogens (tertiary/aromatic N) is 2. The molecule has 0 aliphatic rings. The van der Waals surface area contributed by atoms with Gasteiger partial charge in [0.2, 0.25) is 0 Å². The summed E-state index contributed by atoms with van der Waals surface area (Å²) in [7, 11) is 0. The number of amides is 1. The van der Waals surface area contributed by atoms with E-state index in [2.05, 4.69) is 10.5 Å². The predicted molar refractivity (Wildman–Crippen MR) is 80.7 cm³/mol. The Morgan fingerprint density at radius 2 is 2.04 bits per heavy atom. The Bertz CT molecular complexity index is 732. The van der Waals surface area contributed by atoms with Crippen LogP contribution >= 0.6 is 0 Å². The molecule has 0 fully saturated rings. The lowest BCUT2D eigenvalue weighted by molar-refractivity contribution is -0.384. The fourth-order valence-electron chi connectivity index (χ4n) is 1.61. The molecule has 0 aliphatic heterocycles. The number of hydrogen-bond donors (Lipinski definition) is 1. The molecule has 0 bridgehead atoms. The Hall–Kier alpha value is -3.29. The van der Waals surface area contributed by atoms with Gasteiger partial charge in [0, 0.05) is 17.7 Å². The number of rotatable bonds is 6. The number of benzene rings is 2. The summed E-state index contributed by atoms with van der Waals surface area (Å²) in [5.41, 5.74) is 2.62. The summed E-state index contributed by atoms with van der Waals surface area (Å²) in [6.07, 6.45) is 1.28. The lowest BCUT2D eigenvalue weighted by atomic mass is 10.2. The van der Waals surface area contributed by atoms with Crippen molar-refractivity contribution in [2.75, 3.05) is 6.61 Å². The predicted octanol–water partition coefficient (Wildman–Crippen LogP) is 2.26. The number of halogens is 1. The van der Waals surface area contributed by atoms with Gasteiger partial charge in [-0.15, -0.1) is 0 Å². The zero-order valence-corrected chi connectivity index (χ0v) is 11.8. The molecule has 1 amide bonds. The van der Waals surface area contributed by atoms with Crippen molar-refractivity contribution in [3.05, 3.63) is 70.0 Å². The van der Waals surface area contributed by atoms with Crippen molar-refractivity contribution in [3.8, 4) is 5.75 Å². The zero-order valence-electron chi connectivity index (χ0n) is 11.8. The van der Waals surface area contributed by atoms with E-state index in [-0.39, 0.29) is 12.3 Å².